The number of halogens is 2. The molecule has 0 spiro atoms. The van der Waals surface area contributed by atoms with Crippen LogP contribution in [0.25, 0.3) is 0 Å². The molecule has 0 fully saturated rings. The topological polar surface area (TPSA) is 78.8 Å². The molecule has 0 amide bonds. The first-order valence-corrected chi connectivity index (χ1v) is 8.43. The zero-order valence-electron chi connectivity index (χ0n) is 13.7. The van der Waals surface area contributed by atoms with Gasteiger partial charge < -0.3 is 4.74 Å². The van der Waals surface area contributed by atoms with Gasteiger partial charge in [-0.05, 0) is 42.8 Å². The fourth-order valence-electron chi connectivity index (χ4n) is 2.36. The van der Waals surface area contributed by atoms with Crippen molar-refractivity contribution in [3.8, 4) is 17.6 Å². The van der Waals surface area contributed by atoms with Gasteiger partial charge in [0.15, 0.2) is 0 Å². The van der Waals surface area contributed by atoms with E-state index in [2.05, 4.69) is 10.2 Å². The summed E-state index contributed by atoms with van der Waals surface area (Å²) < 4.78 is 5.81. The average Bonchev–Trinajstić information content (AvgIpc) is 2.63. The first kappa shape index (κ1) is 18.0. The highest BCUT2D eigenvalue weighted by molar-refractivity contribution is 6.32. The van der Waals surface area contributed by atoms with Crippen LogP contribution in [-0.4, -0.2) is 10.2 Å². The van der Waals surface area contributed by atoms with Gasteiger partial charge in [-0.15, -0.1) is 0 Å². The maximum absolute atomic E-state index is 11.4. The van der Waals surface area contributed by atoms with E-state index in [1.807, 2.05) is 12.1 Å². The Hall–Kier alpha value is -2.81. The number of hydrogen-bond acceptors (Lipinski definition) is 4. The van der Waals surface area contributed by atoms with Gasteiger partial charge in [-0.25, -0.2) is 5.10 Å². The molecule has 2 aromatic carbocycles. The molecular formula is C19H13Cl2N3O2. The van der Waals surface area contributed by atoms with Crippen LogP contribution in [0.5, 0.6) is 11.5 Å². The highest BCUT2D eigenvalue weighted by Crippen LogP contribution is 2.35. The van der Waals surface area contributed by atoms with Crippen molar-refractivity contribution in [3.05, 3.63) is 85.2 Å². The number of nitrogens with zero attached hydrogens (tertiary/aromatic N) is 2. The van der Waals surface area contributed by atoms with Gasteiger partial charge in [-0.3, -0.25) is 4.79 Å². The van der Waals surface area contributed by atoms with Gasteiger partial charge in [-0.2, -0.15) is 10.4 Å². The number of ether oxygens (including phenoxy) is 1. The van der Waals surface area contributed by atoms with Gasteiger partial charge in [0.2, 0.25) is 0 Å². The third-order valence-electron chi connectivity index (χ3n) is 3.70. The van der Waals surface area contributed by atoms with E-state index < -0.39 is 0 Å². The summed E-state index contributed by atoms with van der Waals surface area (Å²) in [5, 5.41) is 16.3. The molecule has 3 rings (SSSR count). The molecule has 5 nitrogen and oxygen atoms in total. The third-order valence-corrected chi connectivity index (χ3v) is 4.33. The van der Waals surface area contributed by atoms with Gasteiger partial charge >= 0.3 is 0 Å². The Kier molecular flexibility index (Phi) is 5.27. The number of rotatable bonds is 4. The molecule has 1 heterocycles. The van der Waals surface area contributed by atoms with Gasteiger partial charge in [0.05, 0.1) is 27.4 Å². The van der Waals surface area contributed by atoms with Crippen LogP contribution in [0, 0.1) is 18.3 Å². The number of H-pyrrole nitrogens is 1. The maximum atomic E-state index is 11.4. The summed E-state index contributed by atoms with van der Waals surface area (Å²) in [5.41, 5.74) is 2.45. The molecule has 0 bridgehead atoms. The van der Waals surface area contributed by atoms with Crippen molar-refractivity contribution < 1.29 is 4.74 Å². The summed E-state index contributed by atoms with van der Waals surface area (Å²) >= 11 is 12.4. The highest BCUT2D eigenvalue weighted by Gasteiger charge is 2.10. The normalized spacial score (nSPS) is 10.4. The Bertz CT molecular complexity index is 1070. The molecule has 0 unspecified atom stereocenters. The fourth-order valence-corrected chi connectivity index (χ4v) is 2.68. The van der Waals surface area contributed by atoms with Crippen molar-refractivity contribution in [2.75, 3.05) is 0 Å². The molecule has 1 N–H and O–H groups in total. The monoisotopic (exact) mass is 385 g/mol. The van der Waals surface area contributed by atoms with Gasteiger partial charge in [0.25, 0.3) is 5.56 Å². The van der Waals surface area contributed by atoms with E-state index in [0.717, 1.165) is 11.3 Å². The highest BCUT2D eigenvalue weighted by atomic mass is 35.5. The lowest BCUT2D eigenvalue weighted by Gasteiger charge is -2.11. The molecule has 0 radical (unpaired) electrons. The molecule has 3 aromatic rings. The predicted molar refractivity (Wildman–Crippen MR) is 100 cm³/mol. The lowest BCUT2D eigenvalue weighted by Crippen LogP contribution is -2.12. The van der Waals surface area contributed by atoms with Crippen molar-refractivity contribution in [2.45, 2.75) is 13.3 Å². The molecule has 1 aromatic heterocycles. The molecule has 0 atom stereocenters. The fraction of sp³-hybridized carbons (Fsp3) is 0.105. The lowest BCUT2D eigenvalue weighted by atomic mass is 10.1. The number of aromatic nitrogens is 2. The minimum absolute atomic E-state index is 0.208. The summed E-state index contributed by atoms with van der Waals surface area (Å²) in [5.74, 6) is 0.769. The van der Waals surface area contributed by atoms with Crippen LogP contribution in [0.3, 0.4) is 0 Å². The molecule has 0 aliphatic carbocycles. The summed E-state index contributed by atoms with van der Waals surface area (Å²) in [6.07, 6.45) is 0.497. The van der Waals surface area contributed by atoms with E-state index in [1.165, 1.54) is 0 Å². The van der Waals surface area contributed by atoms with Crippen molar-refractivity contribution in [1.82, 2.24) is 10.2 Å². The quantitative estimate of drug-likeness (QED) is 0.709. The van der Waals surface area contributed by atoms with Crippen LogP contribution in [-0.2, 0) is 6.42 Å². The summed E-state index contributed by atoms with van der Waals surface area (Å²) in [6, 6.07) is 13.9. The molecule has 0 saturated carbocycles. The number of aryl methyl sites for hydroxylation is 1. The minimum Gasteiger partial charge on any atom is -0.454 e. The zero-order valence-corrected chi connectivity index (χ0v) is 15.2. The smallest absolute Gasteiger partial charge is 0.267 e. The second kappa shape index (κ2) is 7.61. The number of aromatic amines is 1. The molecule has 0 aliphatic rings. The Balaban J connectivity index is 1.89. The van der Waals surface area contributed by atoms with Crippen LogP contribution in [0.4, 0.5) is 0 Å². The molecule has 130 valence electrons. The Labute approximate surface area is 159 Å². The average molecular weight is 386 g/mol. The summed E-state index contributed by atoms with van der Waals surface area (Å²) in [6.45, 7) is 1.73. The number of hydrogen-bond donors (Lipinski definition) is 1. The summed E-state index contributed by atoms with van der Waals surface area (Å²) in [4.78, 5) is 11.4. The Morgan fingerprint density at radius 1 is 1.12 bits per heavy atom. The molecule has 0 saturated heterocycles. The molecule has 26 heavy (non-hydrogen) atoms. The standard InChI is InChI=1S/C19H13Cl2N3O2/c1-11-6-14(23-24-19(11)25)7-12-2-4-15(20)17(8-12)26-18-9-13(10-22)3-5-16(18)21/h2-6,8-9H,7H2,1H3,(H,24,25). The van der Waals surface area contributed by atoms with E-state index in [0.29, 0.717) is 39.1 Å². The van der Waals surface area contributed by atoms with Crippen molar-refractivity contribution in [1.29, 1.82) is 5.26 Å². The van der Waals surface area contributed by atoms with Crippen LogP contribution in [0.1, 0.15) is 22.4 Å². The largest absolute Gasteiger partial charge is 0.454 e. The molecular weight excluding hydrogens is 373 g/mol. The van der Waals surface area contributed by atoms with E-state index >= 15 is 0 Å². The van der Waals surface area contributed by atoms with Crippen LogP contribution in [0.2, 0.25) is 10.0 Å². The predicted octanol–water partition coefficient (Wildman–Crippen LogP) is 4.64. The van der Waals surface area contributed by atoms with Gasteiger partial charge in [0.1, 0.15) is 11.5 Å². The molecule has 0 aliphatic heterocycles. The minimum atomic E-state index is -0.208. The SMILES string of the molecule is Cc1cc(Cc2ccc(Cl)c(Oc3cc(C#N)ccc3Cl)c2)n[nH]c1=O. The zero-order chi connectivity index (χ0) is 18.7. The van der Waals surface area contributed by atoms with Gasteiger partial charge in [0, 0.05) is 18.1 Å². The lowest BCUT2D eigenvalue weighted by molar-refractivity contribution is 0.482. The second-order valence-electron chi connectivity index (χ2n) is 5.67. The number of nitrogens with one attached hydrogen (secondary N) is 1. The van der Waals surface area contributed by atoms with Crippen molar-refractivity contribution in [2.24, 2.45) is 0 Å². The van der Waals surface area contributed by atoms with Crippen LogP contribution in [0.15, 0.2) is 47.3 Å². The maximum Gasteiger partial charge on any atom is 0.267 e. The second-order valence-corrected chi connectivity index (χ2v) is 6.49. The summed E-state index contributed by atoms with van der Waals surface area (Å²) in [7, 11) is 0. The van der Waals surface area contributed by atoms with Crippen molar-refractivity contribution in [3.63, 3.8) is 0 Å². The first-order valence-electron chi connectivity index (χ1n) is 7.67. The first-order chi connectivity index (χ1) is 12.5. The van der Waals surface area contributed by atoms with Crippen LogP contribution >= 0.6 is 23.2 Å². The Morgan fingerprint density at radius 3 is 2.50 bits per heavy atom. The van der Waals surface area contributed by atoms with E-state index in [4.69, 9.17) is 33.2 Å². The van der Waals surface area contributed by atoms with Crippen LogP contribution < -0.4 is 10.3 Å². The van der Waals surface area contributed by atoms with E-state index in [9.17, 15) is 4.79 Å². The van der Waals surface area contributed by atoms with Gasteiger partial charge in [-0.1, -0.05) is 29.3 Å². The number of nitriles is 1. The van der Waals surface area contributed by atoms with E-state index in [-0.39, 0.29) is 5.56 Å². The van der Waals surface area contributed by atoms with Crippen molar-refractivity contribution >= 4 is 23.2 Å². The number of benzene rings is 2. The van der Waals surface area contributed by atoms with E-state index in [1.54, 1.807) is 43.3 Å². The molecule has 7 heteroatoms. The Morgan fingerprint density at radius 2 is 1.81 bits per heavy atom. The third kappa shape index (κ3) is 4.05.